The van der Waals surface area contributed by atoms with Crippen LogP contribution in [0.2, 0.25) is 0 Å². The Labute approximate surface area is 147 Å². The molecule has 0 atom stereocenters. The van der Waals surface area contributed by atoms with Gasteiger partial charge in [0.1, 0.15) is 24.9 Å². The van der Waals surface area contributed by atoms with Gasteiger partial charge in [0.25, 0.3) is 5.56 Å². The maximum absolute atomic E-state index is 12.4. The number of hydrogen-bond donors (Lipinski definition) is 0. The lowest BCUT2D eigenvalue weighted by molar-refractivity contribution is -0.145. The Hall–Kier alpha value is -3.55. The van der Waals surface area contributed by atoms with E-state index in [2.05, 4.69) is 15.1 Å². The van der Waals surface area contributed by atoms with E-state index in [9.17, 15) is 9.59 Å². The molecule has 3 heterocycles. The van der Waals surface area contributed by atoms with Crippen molar-refractivity contribution < 1.29 is 9.53 Å². The molecule has 0 saturated heterocycles. The molecule has 130 valence electrons. The van der Waals surface area contributed by atoms with Crippen LogP contribution < -0.4 is 5.56 Å². The largest absolute Gasteiger partial charge is 0.459 e. The molecule has 0 aliphatic rings. The van der Waals surface area contributed by atoms with Gasteiger partial charge in [-0.2, -0.15) is 5.10 Å². The lowest BCUT2D eigenvalue weighted by atomic mass is 10.1. The maximum atomic E-state index is 12.4. The normalized spacial score (nSPS) is 11.1. The molecule has 4 aromatic rings. The molecule has 0 radical (unpaired) electrons. The van der Waals surface area contributed by atoms with E-state index in [1.165, 1.54) is 21.8 Å². The van der Waals surface area contributed by atoms with Gasteiger partial charge in [-0.1, -0.05) is 24.3 Å². The number of benzene rings is 1. The molecule has 8 heteroatoms. The summed E-state index contributed by atoms with van der Waals surface area (Å²) in [6.07, 6.45) is 4.46. The fourth-order valence-electron chi connectivity index (χ4n) is 2.81. The summed E-state index contributed by atoms with van der Waals surface area (Å²) in [6.45, 7) is -0.126. The molecule has 0 saturated carbocycles. The van der Waals surface area contributed by atoms with E-state index in [4.69, 9.17) is 4.74 Å². The number of pyridine rings is 1. The molecule has 0 bridgehead atoms. The monoisotopic (exact) mass is 349 g/mol. The van der Waals surface area contributed by atoms with Crippen LogP contribution in [-0.4, -0.2) is 30.3 Å². The number of para-hydroxylation sites is 1. The summed E-state index contributed by atoms with van der Waals surface area (Å²) in [5.74, 6) is -0.523. The van der Waals surface area contributed by atoms with Crippen LogP contribution in [0.25, 0.3) is 21.9 Å². The van der Waals surface area contributed by atoms with E-state index >= 15 is 0 Å². The first-order valence-electron chi connectivity index (χ1n) is 7.99. The number of esters is 1. The molecule has 1 aromatic carbocycles. The van der Waals surface area contributed by atoms with Crippen molar-refractivity contribution in [3.05, 3.63) is 65.0 Å². The highest BCUT2D eigenvalue weighted by atomic mass is 16.5. The number of carbonyl (C=O) groups excluding carboxylic acids is 1. The molecule has 0 spiro atoms. The number of aryl methyl sites for hydroxylation is 1. The van der Waals surface area contributed by atoms with Crippen LogP contribution in [0, 0.1) is 0 Å². The van der Waals surface area contributed by atoms with Gasteiger partial charge in [0, 0.05) is 24.2 Å². The van der Waals surface area contributed by atoms with Gasteiger partial charge < -0.3 is 4.74 Å². The van der Waals surface area contributed by atoms with Gasteiger partial charge >= 0.3 is 5.97 Å². The smallest absolute Gasteiger partial charge is 0.326 e. The first kappa shape index (κ1) is 15.9. The zero-order chi connectivity index (χ0) is 18.1. The highest BCUT2D eigenvalue weighted by molar-refractivity contribution is 5.81. The van der Waals surface area contributed by atoms with Crippen molar-refractivity contribution in [3.63, 3.8) is 0 Å². The van der Waals surface area contributed by atoms with E-state index in [0.717, 1.165) is 16.5 Å². The van der Waals surface area contributed by atoms with E-state index in [1.807, 2.05) is 30.3 Å². The van der Waals surface area contributed by atoms with Crippen LogP contribution in [0.1, 0.15) is 5.56 Å². The third-order valence-corrected chi connectivity index (χ3v) is 4.12. The second-order valence-corrected chi connectivity index (χ2v) is 5.84. The standard InChI is InChI=1S/C18H15N5O3/c1-22-17-14(8-21-22)18(25)23(11-20-17)9-15(24)26-10-13-5-2-4-12-6-3-7-19-16(12)13/h2-8,11H,9-10H2,1H3. The Morgan fingerprint density at radius 3 is 2.92 bits per heavy atom. The summed E-state index contributed by atoms with van der Waals surface area (Å²) in [5.41, 5.74) is 1.75. The number of ether oxygens (including phenoxy) is 1. The van der Waals surface area contributed by atoms with E-state index < -0.39 is 5.97 Å². The molecule has 8 nitrogen and oxygen atoms in total. The van der Waals surface area contributed by atoms with E-state index in [0.29, 0.717) is 11.0 Å². The zero-order valence-corrected chi connectivity index (χ0v) is 14.0. The van der Waals surface area contributed by atoms with Crippen molar-refractivity contribution in [3.8, 4) is 0 Å². The number of carbonyl (C=O) groups is 1. The zero-order valence-electron chi connectivity index (χ0n) is 14.0. The number of hydrogen-bond acceptors (Lipinski definition) is 6. The van der Waals surface area contributed by atoms with Crippen molar-refractivity contribution in [1.29, 1.82) is 0 Å². The fraction of sp³-hybridized carbons (Fsp3) is 0.167. The second kappa shape index (κ2) is 6.40. The quantitative estimate of drug-likeness (QED) is 0.518. The van der Waals surface area contributed by atoms with Crippen LogP contribution in [0.4, 0.5) is 0 Å². The Bertz CT molecular complexity index is 1170. The van der Waals surface area contributed by atoms with Crippen LogP contribution in [0.3, 0.4) is 0 Å². The molecule has 4 rings (SSSR count). The predicted octanol–water partition coefficient (Wildman–Crippen LogP) is 1.42. The summed E-state index contributed by atoms with van der Waals surface area (Å²) >= 11 is 0. The Kier molecular flexibility index (Phi) is 3.92. The van der Waals surface area contributed by atoms with Gasteiger partial charge in [0.15, 0.2) is 5.65 Å². The van der Waals surface area contributed by atoms with Gasteiger partial charge in [-0.05, 0) is 6.07 Å². The summed E-state index contributed by atoms with van der Waals surface area (Å²) in [6, 6.07) is 9.49. The summed E-state index contributed by atoms with van der Waals surface area (Å²) in [7, 11) is 1.70. The molecular formula is C18H15N5O3. The Morgan fingerprint density at radius 2 is 2.04 bits per heavy atom. The third-order valence-electron chi connectivity index (χ3n) is 4.12. The topological polar surface area (TPSA) is 91.9 Å². The lowest BCUT2D eigenvalue weighted by Crippen LogP contribution is -2.25. The minimum absolute atomic E-state index is 0.0878. The van der Waals surface area contributed by atoms with E-state index in [1.54, 1.807) is 13.2 Å². The number of fused-ring (bicyclic) bond motifs is 2. The van der Waals surface area contributed by atoms with Gasteiger partial charge in [-0.3, -0.25) is 23.8 Å². The van der Waals surface area contributed by atoms with Crippen molar-refractivity contribution in [2.75, 3.05) is 0 Å². The molecular weight excluding hydrogens is 334 g/mol. The van der Waals surface area contributed by atoms with Crippen LogP contribution in [0.5, 0.6) is 0 Å². The molecule has 0 aliphatic heterocycles. The summed E-state index contributed by atoms with van der Waals surface area (Å²) in [5, 5.41) is 5.34. The highest BCUT2D eigenvalue weighted by Crippen LogP contribution is 2.16. The fourth-order valence-corrected chi connectivity index (χ4v) is 2.81. The van der Waals surface area contributed by atoms with Gasteiger partial charge in [0.05, 0.1) is 11.7 Å². The molecule has 0 N–H and O–H groups in total. The minimum atomic E-state index is -0.523. The van der Waals surface area contributed by atoms with Crippen LogP contribution in [-0.2, 0) is 29.7 Å². The minimum Gasteiger partial charge on any atom is -0.459 e. The second-order valence-electron chi connectivity index (χ2n) is 5.84. The van der Waals surface area contributed by atoms with E-state index in [-0.39, 0.29) is 18.7 Å². The average molecular weight is 349 g/mol. The maximum Gasteiger partial charge on any atom is 0.326 e. The molecule has 26 heavy (non-hydrogen) atoms. The molecule has 0 amide bonds. The molecule has 0 fully saturated rings. The first-order chi connectivity index (χ1) is 12.6. The molecule has 0 unspecified atom stereocenters. The average Bonchev–Trinajstić information content (AvgIpc) is 3.04. The van der Waals surface area contributed by atoms with Gasteiger partial charge in [-0.15, -0.1) is 0 Å². The summed E-state index contributed by atoms with van der Waals surface area (Å²) < 4.78 is 8.05. The lowest BCUT2D eigenvalue weighted by Gasteiger charge is -2.08. The van der Waals surface area contributed by atoms with Gasteiger partial charge in [-0.25, -0.2) is 4.98 Å². The number of rotatable bonds is 4. The van der Waals surface area contributed by atoms with Crippen LogP contribution in [0.15, 0.2) is 53.8 Å². The highest BCUT2D eigenvalue weighted by Gasteiger charge is 2.12. The van der Waals surface area contributed by atoms with Crippen molar-refractivity contribution in [2.45, 2.75) is 13.2 Å². The SMILES string of the molecule is Cn1ncc2c(=O)n(CC(=O)OCc3cccc4cccnc34)cnc21. The number of aromatic nitrogens is 5. The number of nitrogens with zero attached hydrogens (tertiary/aromatic N) is 5. The predicted molar refractivity (Wildman–Crippen MR) is 94.3 cm³/mol. The molecule has 0 aliphatic carbocycles. The van der Waals surface area contributed by atoms with Crippen molar-refractivity contribution >= 4 is 27.9 Å². The first-order valence-corrected chi connectivity index (χ1v) is 7.99. The van der Waals surface area contributed by atoms with Crippen molar-refractivity contribution in [2.24, 2.45) is 7.05 Å². The van der Waals surface area contributed by atoms with Crippen LogP contribution >= 0.6 is 0 Å². The van der Waals surface area contributed by atoms with Crippen molar-refractivity contribution in [1.82, 2.24) is 24.3 Å². The third kappa shape index (κ3) is 2.81. The Morgan fingerprint density at radius 1 is 1.19 bits per heavy atom. The Balaban J connectivity index is 1.51. The van der Waals surface area contributed by atoms with Gasteiger partial charge in [0.2, 0.25) is 0 Å². The summed E-state index contributed by atoms with van der Waals surface area (Å²) in [4.78, 5) is 33.0. The molecule has 3 aromatic heterocycles.